The van der Waals surface area contributed by atoms with Crippen LogP contribution in [0.15, 0.2) is 101 Å². The van der Waals surface area contributed by atoms with Crippen LogP contribution in [0.1, 0.15) is 5.56 Å². The fourth-order valence-corrected chi connectivity index (χ4v) is 4.83. The second-order valence-electron chi connectivity index (χ2n) is 9.25. The fourth-order valence-electron chi connectivity index (χ4n) is 4.83. The second-order valence-corrected chi connectivity index (χ2v) is 9.25. The largest absolute Gasteiger partial charge is 0.497 e. The van der Waals surface area contributed by atoms with Crippen molar-refractivity contribution in [2.24, 2.45) is 0 Å². The van der Waals surface area contributed by atoms with E-state index in [1.807, 2.05) is 78.9 Å². The van der Waals surface area contributed by atoms with E-state index in [4.69, 9.17) is 19.9 Å². The number of pyridine rings is 1. The molecule has 3 N–H and O–H groups in total. The van der Waals surface area contributed by atoms with Gasteiger partial charge in [-0.25, -0.2) is 4.68 Å². The number of ether oxygens (including phenoxy) is 3. The van der Waals surface area contributed by atoms with Gasteiger partial charge in [-0.15, -0.1) is 0 Å². The molecule has 4 aromatic carbocycles. The van der Waals surface area contributed by atoms with Crippen LogP contribution in [0.5, 0.6) is 23.0 Å². The van der Waals surface area contributed by atoms with Crippen molar-refractivity contribution in [1.82, 2.24) is 14.3 Å². The van der Waals surface area contributed by atoms with E-state index in [-0.39, 0.29) is 28.7 Å². The number of nitrogen functional groups attached to an aromatic ring is 1. The first-order valence-corrected chi connectivity index (χ1v) is 12.6. The summed E-state index contributed by atoms with van der Waals surface area (Å²) in [5.41, 5.74) is 8.29. The maximum Gasteiger partial charge on any atom is 0.264 e. The van der Waals surface area contributed by atoms with E-state index in [9.17, 15) is 9.59 Å². The maximum absolute atomic E-state index is 14.0. The molecule has 0 spiro atoms. The van der Waals surface area contributed by atoms with E-state index in [0.29, 0.717) is 39.4 Å². The summed E-state index contributed by atoms with van der Waals surface area (Å²) in [6.07, 6.45) is 0. The quantitative estimate of drug-likeness (QED) is 0.296. The molecule has 0 bridgehead atoms. The van der Waals surface area contributed by atoms with Crippen LogP contribution in [0.2, 0.25) is 0 Å². The molecule has 0 saturated carbocycles. The van der Waals surface area contributed by atoms with Crippen LogP contribution in [-0.2, 0) is 6.54 Å². The van der Waals surface area contributed by atoms with Crippen molar-refractivity contribution in [1.29, 1.82) is 0 Å². The predicted octanol–water partition coefficient (Wildman–Crippen LogP) is 5.07. The summed E-state index contributed by atoms with van der Waals surface area (Å²) in [7, 11) is 3.08. The van der Waals surface area contributed by atoms with Gasteiger partial charge in [-0.05, 0) is 54.1 Å². The maximum atomic E-state index is 14.0. The van der Waals surface area contributed by atoms with Gasteiger partial charge in [-0.2, -0.15) is 0 Å². The minimum absolute atomic E-state index is 0.192. The van der Waals surface area contributed by atoms with E-state index >= 15 is 0 Å². The third-order valence-corrected chi connectivity index (χ3v) is 6.83. The highest BCUT2D eigenvalue weighted by molar-refractivity contribution is 6.07. The van der Waals surface area contributed by atoms with Crippen molar-refractivity contribution in [2.45, 2.75) is 6.54 Å². The van der Waals surface area contributed by atoms with E-state index in [0.717, 1.165) is 11.3 Å². The van der Waals surface area contributed by atoms with Crippen LogP contribution in [0.4, 0.5) is 5.82 Å². The molecule has 0 atom stereocenters. The van der Waals surface area contributed by atoms with Gasteiger partial charge in [0.1, 0.15) is 34.2 Å². The molecule has 0 aliphatic heterocycles. The smallest absolute Gasteiger partial charge is 0.264 e. The van der Waals surface area contributed by atoms with Gasteiger partial charge in [0.25, 0.3) is 5.56 Å². The van der Waals surface area contributed by atoms with Crippen molar-refractivity contribution < 1.29 is 14.2 Å². The molecule has 6 rings (SSSR count). The topological polar surface area (TPSA) is 113 Å². The Morgan fingerprint density at radius 2 is 1.40 bits per heavy atom. The second kappa shape index (κ2) is 10.0. The summed E-state index contributed by atoms with van der Waals surface area (Å²) in [4.78, 5) is 27.3. The first-order valence-electron chi connectivity index (χ1n) is 12.6. The number of fused-ring (bicyclic) bond motifs is 3. The lowest BCUT2D eigenvalue weighted by Gasteiger charge is -2.13. The molecular weight excluding hydrogens is 508 g/mol. The zero-order valence-corrected chi connectivity index (χ0v) is 21.9. The zero-order chi connectivity index (χ0) is 27.8. The Kier molecular flexibility index (Phi) is 6.24. The average molecular weight is 535 g/mol. The molecule has 0 fully saturated rings. The van der Waals surface area contributed by atoms with E-state index < -0.39 is 0 Å². The number of hydrogen-bond acceptors (Lipinski definition) is 6. The Bertz CT molecular complexity index is 1960. The molecule has 0 radical (unpaired) electrons. The number of nitrogens with one attached hydrogen (secondary N) is 1. The molecular formula is C31H26N4O5. The molecule has 6 aromatic rings. The van der Waals surface area contributed by atoms with Crippen molar-refractivity contribution in [3.8, 4) is 28.7 Å². The fraction of sp³-hybridized carbons (Fsp3) is 0.0968. The lowest BCUT2D eigenvalue weighted by atomic mass is 10.1. The summed E-state index contributed by atoms with van der Waals surface area (Å²) in [5, 5.41) is 3.77. The molecule has 2 aromatic heterocycles. The molecule has 0 amide bonds. The molecule has 9 nitrogen and oxygen atoms in total. The number of anilines is 1. The Labute approximate surface area is 228 Å². The van der Waals surface area contributed by atoms with Crippen LogP contribution in [-0.4, -0.2) is 28.6 Å². The number of benzene rings is 4. The molecule has 0 aliphatic carbocycles. The summed E-state index contributed by atoms with van der Waals surface area (Å²) in [6.45, 7) is 0.220. The molecule has 0 aliphatic rings. The molecule has 40 heavy (non-hydrogen) atoms. The number of nitrogens with two attached hydrogens (primary N) is 1. The molecule has 0 saturated heterocycles. The van der Waals surface area contributed by atoms with Crippen LogP contribution in [0, 0.1) is 0 Å². The number of rotatable bonds is 7. The normalized spacial score (nSPS) is 11.2. The molecule has 9 heteroatoms. The first-order chi connectivity index (χ1) is 19.5. The molecule has 0 unspecified atom stereocenters. The SMILES string of the molecule is COc1ccc(Cn2c(=O)c3c(N)n(-c4ccc(Oc5ccccc5)cc4)[nH]c3c3c(=O)cc(OC)cc32)cc1. The van der Waals surface area contributed by atoms with Crippen LogP contribution < -0.4 is 30.9 Å². The minimum Gasteiger partial charge on any atom is -0.497 e. The van der Waals surface area contributed by atoms with Crippen molar-refractivity contribution in [3.05, 3.63) is 117 Å². The summed E-state index contributed by atoms with van der Waals surface area (Å²) < 4.78 is 19.7. The van der Waals surface area contributed by atoms with Crippen LogP contribution in [0.25, 0.3) is 27.5 Å². The van der Waals surface area contributed by atoms with Gasteiger partial charge >= 0.3 is 0 Å². The predicted molar refractivity (Wildman–Crippen MR) is 155 cm³/mol. The lowest BCUT2D eigenvalue weighted by Crippen LogP contribution is -2.23. The summed E-state index contributed by atoms with van der Waals surface area (Å²) in [5.74, 6) is 2.62. The average Bonchev–Trinajstić information content (AvgIpc) is 3.33. The zero-order valence-electron chi connectivity index (χ0n) is 21.9. The summed E-state index contributed by atoms with van der Waals surface area (Å²) in [6, 6.07) is 27.2. The number of hydrogen-bond donors (Lipinski definition) is 2. The van der Waals surface area contributed by atoms with E-state index in [1.165, 1.54) is 13.2 Å². The van der Waals surface area contributed by atoms with Gasteiger partial charge in [-0.1, -0.05) is 30.3 Å². The summed E-state index contributed by atoms with van der Waals surface area (Å²) >= 11 is 0. The minimum atomic E-state index is -0.331. The highest BCUT2D eigenvalue weighted by Crippen LogP contribution is 2.29. The number of aromatic amines is 1. The molecule has 200 valence electrons. The van der Waals surface area contributed by atoms with Crippen molar-refractivity contribution in [3.63, 3.8) is 0 Å². The Balaban J connectivity index is 1.51. The Morgan fingerprint density at radius 3 is 2.08 bits per heavy atom. The van der Waals surface area contributed by atoms with Gasteiger partial charge < -0.3 is 24.5 Å². The number of para-hydroxylation sites is 1. The van der Waals surface area contributed by atoms with Crippen molar-refractivity contribution in [2.75, 3.05) is 20.0 Å². The molecule has 2 heterocycles. The van der Waals surface area contributed by atoms with Crippen molar-refractivity contribution >= 4 is 27.6 Å². The van der Waals surface area contributed by atoms with Gasteiger partial charge in [0, 0.05) is 12.1 Å². The lowest BCUT2D eigenvalue weighted by molar-refractivity contribution is 0.414. The number of aromatic nitrogens is 3. The Hall–Kier alpha value is -5.44. The van der Waals surface area contributed by atoms with Gasteiger partial charge in [0.05, 0.1) is 42.9 Å². The first kappa shape index (κ1) is 24.9. The van der Waals surface area contributed by atoms with Crippen LogP contribution >= 0.6 is 0 Å². The number of nitrogens with zero attached hydrogens (tertiary/aromatic N) is 2. The highest BCUT2D eigenvalue weighted by Gasteiger charge is 2.21. The number of methoxy groups -OCH3 is 2. The van der Waals surface area contributed by atoms with E-state index in [2.05, 4.69) is 5.10 Å². The van der Waals surface area contributed by atoms with Gasteiger partial charge in [-0.3, -0.25) is 14.7 Å². The Morgan fingerprint density at radius 1 is 0.750 bits per heavy atom. The number of H-pyrrole nitrogens is 1. The third kappa shape index (κ3) is 4.33. The third-order valence-electron chi connectivity index (χ3n) is 6.83. The standard InChI is InChI=1S/C31H26N4O5/c1-38-21-12-8-19(9-13-21)18-34-25-16-24(39-2)17-26(36)27(25)29-28(31(34)37)30(32)35(33-29)20-10-14-23(15-11-20)40-22-6-4-3-5-7-22/h3-17,33H,18,32H2,1-2H3. The monoisotopic (exact) mass is 534 g/mol. The van der Waals surface area contributed by atoms with Gasteiger partial charge in [0.2, 0.25) is 0 Å². The highest BCUT2D eigenvalue weighted by atomic mass is 16.5. The van der Waals surface area contributed by atoms with Crippen LogP contribution in [0.3, 0.4) is 0 Å². The van der Waals surface area contributed by atoms with E-state index in [1.54, 1.807) is 22.4 Å². The van der Waals surface area contributed by atoms with Gasteiger partial charge in [0.15, 0.2) is 5.43 Å².